The second-order valence-electron chi connectivity index (χ2n) is 5.21. The van der Waals surface area contributed by atoms with Crippen LogP contribution in [0.5, 0.6) is 0 Å². The van der Waals surface area contributed by atoms with Crippen molar-refractivity contribution in [2.75, 3.05) is 20.8 Å². The van der Waals surface area contributed by atoms with E-state index in [1.807, 2.05) is 0 Å². The first-order valence-electron chi connectivity index (χ1n) is 6.52. The number of hydrogen-bond acceptors (Lipinski definition) is 3. The third-order valence-corrected chi connectivity index (χ3v) is 4.11. The molecule has 0 bridgehead atoms. The van der Waals surface area contributed by atoms with Gasteiger partial charge in [-0.2, -0.15) is 0 Å². The van der Waals surface area contributed by atoms with Gasteiger partial charge in [-0.05, 0) is 30.9 Å². The second kappa shape index (κ2) is 5.39. The van der Waals surface area contributed by atoms with Crippen LogP contribution in [0.3, 0.4) is 0 Å². The van der Waals surface area contributed by atoms with E-state index in [0.717, 1.165) is 0 Å². The number of methoxy groups -OCH3 is 2. The lowest BCUT2D eigenvalue weighted by atomic mass is 9.84. The van der Waals surface area contributed by atoms with E-state index in [0.29, 0.717) is 6.61 Å². The summed E-state index contributed by atoms with van der Waals surface area (Å²) in [6.07, 6.45) is 2.33. The van der Waals surface area contributed by atoms with Gasteiger partial charge < -0.3 is 15.2 Å². The fraction of sp³-hybridized carbons (Fsp3) is 0.600. The van der Waals surface area contributed by atoms with E-state index in [1.165, 1.54) is 24.0 Å². The van der Waals surface area contributed by atoms with Crippen LogP contribution in [-0.2, 0) is 14.9 Å². The van der Waals surface area contributed by atoms with Crippen LogP contribution in [0.25, 0.3) is 0 Å². The molecule has 1 aromatic carbocycles. The monoisotopic (exact) mass is 249 g/mol. The molecule has 2 unspecified atom stereocenters. The van der Waals surface area contributed by atoms with Crippen LogP contribution < -0.4 is 5.73 Å². The smallest absolute Gasteiger partial charge is 0.106 e. The predicted octanol–water partition coefficient (Wildman–Crippen LogP) is 2.40. The Morgan fingerprint density at radius 1 is 1.28 bits per heavy atom. The van der Waals surface area contributed by atoms with Gasteiger partial charge in [-0.15, -0.1) is 0 Å². The van der Waals surface area contributed by atoms with Gasteiger partial charge in [0, 0.05) is 25.7 Å². The van der Waals surface area contributed by atoms with Crippen molar-refractivity contribution in [1.29, 1.82) is 0 Å². The Kier molecular flexibility index (Phi) is 4.05. The molecule has 0 saturated heterocycles. The van der Waals surface area contributed by atoms with Gasteiger partial charge in [0.2, 0.25) is 0 Å². The highest BCUT2D eigenvalue weighted by atomic mass is 16.5. The molecule has 0 heterocycles. The first-order chi connectivity index (χ1) is 8.65. The molecular formula is C15H23NO2. The van der Waals surface area contributed by atoms with Gasteiger partial charge >= 0.3 is 0 Å². The van der Waals surface area contributed by atoms with Crippen LogP contribution in [-0.4, -0.2) is 26.9 Å². The molecule has 1 fully saturated rings. The molecule has 2 atom stereocenters. The fourth-order valence-electron chi connectivity index (χ4n) is 2.77. The van der Waals surface area contributed by atoms with Crippen molar-refractivity contribution in [3.05, 3.63) is 35.4 Å². The number of benzene rings is 1. The van der Waals surface area contributed by atoms with Gasteiger partial charge in [-0.25, -0.2) is 0 Å². The Morgan fingerprint density at radius 3 is 2.44 bits per heavy atom. The van der Waals surface area contributed by atoms with Crippen molar-refractivity contribution in [2.24, 2.45) is 5.73 Å². The lowest BCUT2D eigenvalue weighted by Crippen LogP contribution is -2.33. The van der Waals surface area contributed by atoms with E-state index in [2.05, 4.69) is 31.2 Å². The second-order valence-corrected chi connectivity index (χ2v) is 5.21. The lowest BCUT2D eigenvalue weighted by molar-refractivity contribution is 0.0266. The van der Waals surface area contributed by atoms with E-state index in [4.69, 9.17) is 15.2 Å². The van der Waals surface area contributed by atoms with Gasteiger partial charge in [-0.3, -0.25) is 0 Å². The maximum atomic E-state index is 6.18. The molecule has 3 nitrogen and oxygen atoms in total. The average molecular weight is 249 g/mol. The predicted molar refractivity (Wildman–Crippen MR) is 72.6 cm³/mol. The normalized spacial score (nSPS) is 20.4. The van der Waals surface area contributed by atoms with Crippen LogP contribution in [0.4, 0.5) is 0 Å². The molecule has 1 saturated carbocycles. The number of hydrogen-bond donors (Lipinski definition) is 1. The summed E-state index contributed by atoms with van der Waals surface area (Å²) in [5.74, 6) is 0. The van der Waals surface area contributed by atoms with Crippen LogP contribution in [0.1, 0.15) is 37.0 Å². The minimum atomic E-state index is -0.0116. The molecule has 1 aromatic rings. The molecule has 1 aliphatic rings. The standard InChI is InChI=1S/C15H23NO2/c1-11(16)15(8-9-15)13-7-5-4-6-12(13)14(18-3)10-17-2/h4-7,11,14H,8-10,16H2,1-3H3. The van der Waals surface area contributed by atoms with Gasteiger partial charge in [0.1, 0.15) is 6.10 Å². The molecular weight excluding hydrogens is 226 g/mol. The summed E-state index contributed by atoms with van der Waals surface area (Å²) in [6, 6.07) is 8.63. The Balaban J connectivity index is 2.37. The molecule has 0 radical (unpaired) electrons. The zero-order valence-corrected chi connectivity index (χ0v) is 11.5. The molecule has 100 valence electrons. The van der Waals surface area contributed by atoms with Crippen molar-refractivity contribution >= 4 is 0 Å². The third kappa shape index (κ3) is 2.30. The molecule has 0 aliphatic heterocycles. The summed E-state index contributed by atoms with van der Waals surface area (Å²) < 4.78 is 10.8. The SMILES string of the molecule is COCC(OC)c1ccccc1C1(C(C)N)CC1. The zero-order chi connectivity index (χ0) is 13.2. The minimum absolute atomic E-state index is 0.0116. The van der Waals surface area contributed by atoms with E-state index < -0.39 is 0 Å². The maximum absolute atomic E-state index is 6.18. The molecule has 2 rings (SSSR count). The van der Waals surface area contributed by atoms with Gasteiger partial charge in [0.05, 0.1) is 6.61 Å². The van der Waals surface area contributed by atoms with Crippen LogP contribution in [0.15, 0.2) is 24.3 Å². The van der Waals surface area contributed by atoms with E-state index >= 15 is 0 Å². The highest BCUT2D eigenvalue weighted by Gasteiger charge is 2.48. The van der Waals surface area contributed by atoms with Crippen LogP contribution in [0.2, 0.25) is 0 Å². The summed E-state index contributed by atoms with van der Waals surface area (Å²) in [5.41, 5.74) is 8.89. The summed E-state index contributed by atoms with van der Waals surface area (Å²) in [7, 11) is 3.43. The van der Waals surface area contributed by atoms with Crippen molar-refractivity contribution in [3.63, 3.8) is 0 Å². The van der Waals surface area contributed by atoms with Gasteiger partial charge in [0.15, 0.2) is 0 Å². The number of nitrogens with two attached hydrogens (primary N) is 1. The molecule has 18 heavy (non-hydrogen) atoms. The maximum Gasteiger partial charge on any atom is 0.106 e. The molecule has 3 heteroatoms. The minimum Gasteiger partial charge on any atom is -0.382 e. The summed E-state index contributed by atoms with van der Waals surface area (Å²) in [5, 5.41) is 0. The molecule has 2 N–H and O–H groups in total. The molecule has 0 spiro atoms. The number of ether oxygens (including phenoxy) is 2. The largest absolute Gasteiger partial charge is 0.382 e. The first kappa shape index (κ1) is 13.5. The quantitative estimate of drug-likeness (QED) is 0.842. The van der Waals surface area contributed by atoms with E-state index in [1.54, 1.807) is 14.2 Å². The van der Waals surface area contributed by atoms with Crippen LogP contribution in [0, 0.1) is 0 Å². The third-order valence-electron chi connectivity index (χ3n) is 4.11. The Morgan fingerprint density at radius 2 is 1.94 bits per heavy atom. The summed E-state index contributed by atoms with van der Waals surface area (Å²) in [4.78, 5) is 0. The fourth-order valence-corrected chi connectivity index (χ4v) is 2.77. The Hall–Kier alpha value is -0.900. The Bertz CT molecular complexity index is 399. The topological polar surface area (TPSA) is 44.5 Å². The number of rotatable bonds is 6. The van der Waals surface area contributed by atoms with Gasteiger partial charge in [-0.1, -0.05) is 24.3 Å². The first-order valence-corrected chi connectivity index (χ1v) is 6.52. The van der Waals surface area contributed by atoms with Crippen LogP contribution >= 0.6 is 0 Å². The summed E-state index contributed by atoms with van der Waals surface area (Å²) in [6.45, 7) is 2.67. The average Bonchev–Trinajstić information content (AvgIpc) is 3.17. The highest BCUT2D eigenvalue weighted by Crippen LogP contribution is 2.52. The Labute approximate surface area is 109 Å². The highest BCUT2D eigenvalue weighted by molar-refractivity contribution is 5.41. The van der Waals surface area contributed by atoms with E-state index in [-0.39, 0.29) is 17.6 Å². The van der Waals surface area contributed by atoms with Crippen molar-refractivity contribution < 1.29 is 9.47 Å². The van der Waals surface area contributed by atoms with Crippen molar-refractivity contribution in [2.45, 2.75) is 37.3 Å². The molecule has 1 aliphatic carbocycles. The van der Waals surface area contributed by atoms with Gasteiger partial charge in [0.25, 0.3) is 0 Å². The lowest BCUT2D eigenvalue weighted by Gasteiger charge is -2.26. The molecule has 0 aromatic heterocycles. The van der Waals surface area contributed by atoms with Crippen molar-refractivity contribution in [3.8, 4) is 0 Å². The molecule has 0 amide bonds. The van der Waals surface area contributed by atoms with E-state index in [9.17, 15) is 0 Å². The van der Waals surface area contributed by atoms with Crippen molar-refractivity contribution in [1.82, 2.24) is 0 Å². The zero-order valence-electron chi connectivity index (χ0n) is 11.5. The summed E-state index contributed by atoms with van der Waals surface area (Å²) >= 11 is 0.